The van der Waals surface area contributed by atoms with Crippen molar-refractivity contribution in [2.75, 3.05) is 19.0 Å². The van der Waals surface area contributed by atoms with Gasteiger partial charge in [0.05, 0.1) is 23.2 Å². The summed E-state index contributed by atoms with van der Waals surface area (Å²) in [5.41, 5.74) is 12.0. The van der Waals surface area contributed by atoms with E-state index in [0.717, 1.165) is 49.0 Å². The molecular weight excluding hydrogens is 435 g/mol. The molecule has 2 aromatic carbocycles. The molecule has 7 heteroatoms. The van der Waals surface area contributed by atoms with Crippen LogP contribution in [0.5, 0.6) is 5.75 Å². The number of halogens is 1. The van der Waals surface area contributed by atoms with Crippen molar-refractivity contribution in [1.82, 2.24) is 4.98 Å². The van der Waals surface area contributed by atoms with Crippen LogP contribution in [0.2, 0.25) is 0 Å². The van der Waals surface area contributed by atoms with E-state index in [1.807, 2.05) is 50.2 Å². The third kappa shape index (κ3) is 4.50. The molecule has 0 fully saturated rings. The fourth-order valence-corrected chi connectivity index (χ4v) is 5.06. The number of fused-ring (bicyclic) bond motifs is 1. The summed E-state index contributed by atoms with van der Waals surface area (Å²) >= 11 is 1.57. The highest BCUT2D eigenvalue weighted by molar-refractivity contribution is 7.18. The van der Waals surface area contributed by atoms with Gasteiger partial charge in [0, 0.05) is 22.5 Å². The number of hydrogen-bond acceptors (Lipinski definition) is 4. The van der Waals surface area contributed by atoms with E-state index in [4.69, 9.17) is 10.5 Å². The summed E-state index contributed by atoms with van der Waals surface area (Å²) in [6, 6.07) is 13.2. The number of nitrogens with two attached hydrogens (primary N) is 1. The minimum Gasteiger partial charge on any atom is -0.497 e. The maximum absolute atomic E-state index is 14.2. The molecule has 0 aliphatic carbocycles. The van der Waals surface area contributed by atoms with Gasteiger partial charge >= 0.3 is 0 Å². The second kappa shape index (κ2) is 9.50. The highest BCUT2D eigenvalue weighted by atomic mass is 32.1. The van der Waals surface area contributed by atoms with E-state index < -0.39 is 0 Å². The third-order valence-corrected chi connectivity index (χ3v) is 6.88. The number of nitrogens with one attached hydrogen (secondary N) is 2. The van der Waals surface area contributed by atoms with Crippen LogP contribution in [0.1, 0.15) is 21.7 Å². The topological polar surface area (TPSA) is 75.4 Å². The lowest BCUT2D eigenvalue weighted by Gasteiger charge is -2.05. The largest absolute Gasteiger partial charge is 0.497 e. The molecule has 4 N–H and O–H groups in total. The molecule has 0 radical (unpaired) electrons. The Bertz CT molecular complexity index is 1330. The average Bonchev–Trinajstić information content (AvgIpc) is 3.39. The summed E-state index contributed by atoms with van der Waals surface area (Å²) in [5, 5.41) is 4.10. The molecule has 4 rings (SSSR count). The Labute approximate surface area is 196 Å². The molecule has 4 aromatic rings. The summed E-state index contributed by atoms with van der Waals surface area (Å²) in [6.45, 7) is 8.23. The van der Waals surface area contributed by atoms with Crippen molar-refractivity contribution in [3.8, 4) is 16.2 Å². The van der Waals surface area contributed by atoms with Crippen LogP contribution in [0.3, 0.4) is 0 Å². The molecule has 0 amide bonds. The van der Waals surface area contributed by atoms with Crippen LogP contribution < -0.4 is 15.8 Å². The smallest absolute Gasteiger partial charge is 0.147 e. The molecule has 170 valence electrons. The van der Waals surface area contributed by atoms with E-state index >= 15 is 0 Å². The number of aromatic amines is 1. The van der Waals surface area contributed by atoms with Crippen molar-refractivity contribution in [3.63, 3.8) is 0 Å². The molecule has 0 aliphatic heterocycles. The Kier molecular flexibility index (Phi) is 6.51. The fraction of sp³-hybridized carbons (Fsp3) is 0.192. The first kappa shape index (κ1) is 22.6. The molecule has 0 saturated heterocycles. The number of nitrogens with zero attached hydrogens (tertiary/aromatic N) is 1. The molecule has 2 heterocycles. The van der Waals surface area contributed by atoms with Crippen molar-refractivity contribution in [1.29, 1.82) is 0 Å². The van der Waals surface area contributed by atoms with Gasteiger partial charge in [0.2, 0.25) is 0 Å². The number of H-pyrrole nitrogens is 1. The molecule has 0 spiro atoms. The number of rotatable bonds is 8. The lowest BCUT2D eigenvalue weighted by atomic mass is 10.0. The zero-order valence-electron chi connectivity index (χ0n) is 19.0. The standard InChI is InChI=1S/C26H27FN4OS/c1-5-29-21-14-22(17-7-9-18(32-4)10-8-17)33-25(21)26(28)30-13-12-19-16(3)31-24-20(27)11-6-15(2)23(19)24/h5-11,14,29,31H,1,12-13H2,2-4H3,(H2,28,30). The maximum atomic E-state index is 14.2. The van der Waals surface area contributed by atoms with Gasteiger partial charge in [-0.2, -0.15) is 0 Å². The second-order valence-electron chi connectivity index (χ2n) is 7.79. The van der Waals surface area contributed by atoms with Crippen LogP contribution in [-0.4, -0.2) is 24.5 Å². The number of aliphatic imine (C=N–C) groups is 1. The molecule has 5 nitrogen and oxygen atoms in total. The molecular formula is C26H27FN4OS. The number of ether oxygens (including phenoxy) is 1. The Balaban J connectivity index is 1.59. The van der Waals surface area contributed by atoms with Gasteiger partial charge in [-0.25, -0.2) is 4.39 Å². The first-order valence-electron chi connectivity index (χ1n) is 10.6. The number of amidine groups is 1. The summed E-state index contributed by atoms with van der Waals surface area (Å²) < 4.78 is 19.5. The summed E-state index contributed by atoms with van der Waals surface area (Å²) in [7, 11) is 1.65. The summed E-state index contributed by atoms with van der Waals surface area (Å²) in [4.78, 5) is 9.75. The van der Waals surface area contributed by atoms with Crippen LogP contribution in [0.15, 0.2) is 60.2 Å². The first-order chi connectivity index (χ1) is 15.9. The lowest BCUT2D eigenvalue weighted by Crippen LogP contribution is -2.14. The molecule has 0 saturated carbocycles. The van der Waals surface area contributed by atoms with Gasteiger partial charge in [-0.3, -0.25) is 4.99 Å². The predicted octanol–water partition coefficient (Wildman–Crippen LogP) is 6.16. The number of aromatic nitrogens is 1. The minimum atomic E-state index is -0.238. The number of aryl methyl sites for hydroxylation is 2. The van der Waals surface area contributed by atoms with Crippen molar-refractivity contribution >= 4 is 33.8 Å². The average molecular weight is 463 g/mol. The van der Waals surface area contributed by atoms with E-state index in [2.05, 4.69) is 21.9 Å². The van der Waals surface area contributed by atoms with Crippen molar-refractivity contribution in [3.05, 3.63) is 82.8 Å². The zero-order chi connectivity index (χ0) is 23.5. The van der Waals surface area contributed by atoms with Gasteiger partial charge in [-0.05, 0) is 79.6 Å². The van der Waals surface area contributed by atoms with Crippen LogP contribution in [0.25, 0.3) is 21.3 Å². The summed E-state index contributed by atoms with van der Waals surface area (Å²) in [6.07, 6.45) is 2.29. The number of hydrogen-bond donors (Lipinski definition) is 3. The Hall–Kier alpha value is -3.58. The molecule has 0 atom stereocenters. The van der Waals surface area contributed by atoms with Crippen molar-refractivity contribution in [2.45, 2.75) is 20.3 Å². The lowest BCUT2D eigenvalue weighted by molar-refractivity contribution is 0.415. The minimum absolute atomic E-state index is 0.238. The van der Waals surface area contributed by atoms with Gasteiger partial charge in [0.25, 0.3) is 0 Å². The van der Waals surface area contributed by atoms with Crippen LogP contribution in [-0.2, 0) is 6.42 Å². The van der Waals surface area contributed by atoms with E-state index in [-0.39, 0.29) is 5.82 Å². The van der Waals surface area contributed by atoms with Crippen LogP contribution in [0, 0.1) is 19.7 Å². The Morgan fingerprint density at radius 3 is 2.70 bits per heavy atom. The number of benzene rings is 2. The molecule has 0 aliphatic rings. The Morgan fingerprint density at radius 2 is 2.00 bits per heavy atom. The molecule has 0 bridgehead atoms. The van der Waals surface area contributed by atoms with E-state index in [1.165, 1.54) is 6.07 Å². The van der Waals surface area contributed by atoms with Gasteiger partial charge < -0.3 is 20.8 Å². The highest BCUT2D eigenvalue weighted by Gasteiger charge is 2.15. The highest BCUT2D eigenvalue weighted by Crippen LogP contribution is 2.35. The van der Waals surface area contributed by atoms with Gasteiger partial charge in [-0.15, -0.1) is 11.3 Å². The fourth-order valence-electron chi connectivity index (χ4n) is 4.01. The SMILES string of the molecule is C=CNc1cc(-c2ccc(OC)cc2)sc1C(N)=NCCc1c(C)[nH]c2c(F)ccc(C)c12. The number of anilines is 1. The van der Waals surface area contributed by atoms with Crippen molar-refractivity contribution < 1.29 is 9.13 Å². The van der Waals surface area contributed by atoms with Crippen LogP contribution >= 0.6 is 11.3 Å². The third-order valence-electron chi connectivity index (χ3n) is 5.67. The predicted molar refractivity (Wildman–Crippen MR) is 137 cm³/mol. The quantitative estimate of drug-likeness (QED) is 0.217. The maximum Gasteiger partial charge on any atom is 0.147 e. The summed E-state index contributed by atoms with van der Waals surface area (Å²) in [5.74, 6) is 1.03. The van der Waals surface area contributed by atoms with E-state index in [1.54, 1.807) is 24.6 Å². The van der Waals surface area contributed by atoms with Gasteiger partial charge in [-0.1, -0.05) is 12.6 Å². The van der Waals surface area contributed by atoms with Gasteiger partial charge in [0.15, 0.2) is 0 Å². The van der Waals surface area contributed by atoms with E-state index in [0.29, 0.717) is 24.3 Å². The first-order valence-corrected chi connectivity index (χ1v) is 11.5. The number of methoxy groups -OCH3 is 1. The molecule has 0 unspecified atom stereocenters. The monoisotopic (exact) mass is 462 g/mol. The normalized spacial score (nSPS) is 11.7. The number of thiophene rings is 1. The second-order valence-corrected chi connectivity index (χ2v) is 8.84. The van der Waals surface area contributed by atoms with E-state index in [9.17, 15) is 4.39 Å². The molecule has 33 heavy (non-hydrogen) atoms. The van der Waals surface area contributed by atoms with Crippen LogP contribution in [0.4, 0.5) is 10.1 Å². The van der Waals surface area contributed by atoms with Gasteiger partial charge in [0.1, 0.15) is 17.4 Å². The zero-order valence-corrected chi connectivity index (χ0v) is 19.8. The molecule has 2 aromatic heterocycles. The Morgan fingerprint density at radius 1 is 1.24 bits per heavy atom. The van der Waals surface area contributed by atoms with Crippen molar-refractivity contribution in [2.24, 2.45) is 10.7 Å².